The minimum Gasteiger partial charge on any atom is -0.469 e. The van der Waals surface area contributed by atoms with Crippen LogP contribution in [0.4, 0.5) is 5.95 Å². The van der Waals surface area contributed by atoms with Crippen LogP contribution in [-0.4, -0.2) is 36.3 Å². The number of esters is 1. The van der Waals surface area contributed by atoms with Gasteiger partial charge in [0.15, 0.2) is 0 Å². The number of hydrogen-bond donors (Lipinski definition) is 1. The number of anilines is 1. The predicted molar refractivity (Wildman–Crippen MR) is 83.0 cm³/mol. The highest BCUT2D eigenvalue weighted by Crippen LogP contribution is 2.18. The summed E-state index contributed by atoms with van der Waals surface area (Å²) in [6.45, 7) is 0.953. The van der Waals surface area contributed by atoms with Gasteiger partial charge in [-0.3, -0.25) is 4.79 Å². The number of nitrogens with zero attached hydrogens (tertiary/aromatic N) is 2. The van der Waals surface area contributed by atoms with Crippen LogP contribution in [0.2, 0.25) is 0 Å². The smallest absolute Gasteiger partial charge is 0.307 e. The topological polar surface area (TPSA) is 87.3 Å². The first-order valence-electron chi connectivity index (χ1n) is 7.00. The maximum absolute atomic E-state index is 10.9. The predicted octanol–water partition coefficient (Wildman–Crippen LogP) is 1.85. The van der Waals surface area contributed by atoms with E-state index < -0.39 is 0 Å². The Balaban J connectivity index is 1.79. The Morgan fingerprint density at radius 1 is 1.09 bits per heavy atom. The van der Waals surface area contributed by atoms with E-state index in [9.17, 15) is 4.79 Å². The minimum atomic E-state index is -0.255. The second-order valence-electron chi connectivity index (χ2n) is 4.72. The van der Waals surface area contributed by atoms with Crippen LogP contribution < -0.4 is 5.73 Å². The highest BCUT2D eigenvalue weighted by Gasteiger charge is 2.01. The number of hydrogen-bond acceptors (Lipinski definition) is 6. The molecule has 0 spiro atoms. The molecule has 1 aromatic carbocycles. The summed E-state index contributed by atoms with van der Waals surface area (Å²) in [6, 6.07) is 8.10. The van der Waals surface area contributed by atoms with Crippen LogP contribution in [0.25, 0.3) is 11.1 Å². The van der Waals surface area contributed by atoms with Gasteiger partial charge in [0.1, 0.15) is 0 Å². The quantitative estimate of drug-likeness (QED) is 0.620. The van der Waals surface area contributed by atoms with E-state index in [-0.39, 0.29) is 18.3 Å². The number of benzene rings is 1. The lowest BCUT2D eigenvalue weighted by Gasteiger charge is -2.05. The van der Waals surface area contributed by atoms with E-state index in [4.69, 9.17) is 10.5 Å². The molecular formula is C16H19N3O3. The second kappa shape index (κ2) is 8.09. The molecule has 1 aromatic heterocycles. The summed E-state index contributed by atoms with van der Waals surface area (Å²) in [5, 5.41) is 0. The van der Waals surface area contributed by atoms with Gasteiger partial charge in [-0.2, -0.15) is 0 Å². The summed E-state index contributed by atoms with van der Waals surface area (Å²) in [5.74, 6) is 0.0135. The molecule has 2 rings (SSSR count). The fourth-order valence-corrected chi connectivity index (χ4v) is 1.90. The summed E-state index contributed by atoms with van der Waals surface area (Å²) in [7, 11) is 1.37. The van der Waals surface area contributed by atoms with Gasteiger partial charge in [-0.15, -0.1) is 0 Å². The molecular weight excluding hydrogens is 282 g/mol. The molecule has 0 bridgehead atoms. The second-order valence-corrected chi connectivity index (χ2v) is 4.72. The van der Waals surface area contributed by atoms with Crippen LogP contribution in [0.5, 0.6) is 0 Å². The van der Waals surface area contributed by atoms with E-state index in [2.05, 4.69) is 14.7 Å². The lowest BCUT2D eigenvalue weighted by molar-refractivity contribution is -0.141. The average molecular weight is 301 g/mol. The van der Waals surface area contributed by atoms with Gasteiger partial charge in [-0.25, -0.2) is 9.97 Å². The van der Waals surface area contributed by atoms with Crippen molar-refractivity contribution in [3.63, 3.8) is 0 Å². The van der Waals surface area contributed by atoms with E-state index in [1.54, 1.807) is 12.4 Å². The molecule has 0 aliphatic rings. The molecule has 22 heavy (non-hydrogen) atoms. The van der Waals surface area contributed by atoms with Crippen molar-refractivity contribution in [2.75, 3.05) is 26.1 Å². The zero-order valence-electron chi connectivity index (χ0n) is 12.5. The van der Waals surface area contributed by atoms with E-state index in [0.717, 1.165) is 23.1 Å². The molecule has 2 aromatic rings. The maximum atomic E-state index is 10.9. The van der Waals surface area contributed by atoms with E-state index >= 15 is 0 Å². The van der Waals surface area contributed by atoms with Gasteiger partial charge in [0.05, 0.1) is 26.7 Å². The third-order valence-electron chi connectivity index (χ3n) is 3.17. The van der Waals surface area contributed by atoms with Crippen molar-refractivity contribution in [3.8, 4) is 11.1 Å². The Kier molecular flexibility index (Phi) is 5.85. The van der Waals surface area contributed by atoms with Crippen molar-refractivity contribution in [1.29, 1.82) is 0 Å². The Hall–Kier alpha value is -2.47. The number of aromatic nitrogens is 2. The van der Waals surface area contributed by atoms with Crippen molar-refractivity contribution in [3.05, 3.63) is 42.2 Å². The molecule has 2 N–H and O–H groups in total. The molecule has 0 atom stereocenters. The van der Waals surface area contributed by atoms with Crippen LogP contribution >= 0.6 is 0 Å². The molecule has 0 fully saturated rings. The van der Waals surface area contributed by atoms with Crippen molar-refractivity contribution >= 4 is 11.9 Å². The van der Waals surface area contributed by atoms with Gasteiger partial charge in [0, 0.05) is 18.0 Å². The highest BCUT2D eigenvalue weighted by molar-refractivity contribution is 5.69. The normalized spacial score (nSPS) is 10.4. The van der Waals surface area contributed by atoms with Gasteiger partial charge in [0.25, 0.3) is 0 Å². The van der Waals surface area contributed by atoms with Gasteiger partial charge < -0.3 is 15.2 Å². The molecule has 0 saturated carbocycles. The Labute approximate surface area is 129 Å². The molecule has 116 valence electrons. The molecule has 1 heterocycles. The van der Waals surface area contributed by atoms with Crippen molar-refractivity contribution in [2.45, 2.75) is 12.8 Å². The van der Waals surface area contributed by atoms with Gasteiger partial charge in [-0.1, -0.05) is 24.3 Å². The monoisotopic (exact) mass is 301 g/mol. The van der Waals surface area contributed by atoms with E-state index in [0.29, 0.717) is 13.2 Å². The number of carbonyl (C=O) groups is 1. The van der Waals surface area contributed by atoms with E-state index in [1.165, 1.54) is 7.11 Å². The maximum Gasteiger partial charge on any atom is 0.307 e. The number of carbonyl (C=O) groups excluding carboxylic acids is 1. The standard InChI is InChI=1S/C16H19N3O3/c1-21-15(20)7-9-22-8-6-12-2-4-13(5-3-12)14-10-18-16(17)19-11-14/h2-5,10-11H,6-9H2,1H3,(H2,17,18,19). The van der Waals surface area contributed by atoms with Crippen LogP contribution in [0.15, 0.2) is 36.7 Å². The zero-order chi connectivity index (χ0) is 15.8. The first kappa shape index (κ1) is 15.9. The molecule has 0 aliphatic carbocycles. The average Bonchev–Trinajstić information content (AvgIpc) is 2.55. The third-order valence-corrected chi connectivity index (χ3v) is 3.17. The zero-order valence-corrected chi connectivity index (χ0v) is 12.5. The molecule has 0 aliphatic heterocycles. The largest absolute Gasteiger partial charge is 0.469 e. The Morgan fingerprint density at radius 3 is 2.41 bits per heavy atom. The first-order valence-corrected chi connectivity index (χ1v) is 7.00. The van der Waals surface area contributed by atoms with Crippen LogP contribution in [-0.2, 0) is 20.7 Å². The summed E-state index contributed by atoms with van der Waals surface area (Å²) in [6.07, 6.45) is 4.48. The first-order chi connectivity index (χ1) is 10.7. The van der Waals surface area contributed by atoms with Crippen molar-refractivity contribution < 1.29 is 14.3 Å². The van der Waals surface area contributed by atoms with Crippen LogP contribution in [0.3, 0.4) is 0 Å². The SMILES string of the molecule is COC(=O)CCOCCc1ccc(-c2cnc(N)nc2)cc1. The Morgan fingerprint density at radius 2 is 1.77 bits per heavy atom. The van der Waals surface area contributed by atoms with Crippen LogP contribution in [0.1, 0.15) is 12.0 Å². The van der Waals surface area contributed by atoms with Crippen molar-refractivity contribution in [1.82, 2.24) is 9.97 Å². The molecule has 0 amide bonds. The number of nitrogens with two attached hydrogens (primary N) is 1. The van der Waals surface area contributed by atoms with Gasteiger partial charge in [-0.05, 0) is 17.5 Å². The molecule has 0 saturated heterocycles. The summed E-state index contributed by atoms with van der Waals surface area (Å²) < 4.78 is 9.94. The minimum absolute atomic E-state index is 0.255. The summed E-state index contributed by atoms with van der Waals surface area (Å²) in [4.78, 5) is 18.9. The number of nitrogen functional groups attached to an aromatic ring is 1. The van der Waals surface area contributed by atoms with Gasteiger partial charge >= 0.3 is 5.97 Å². The van der Waals surface area contributed by atoms with E-state index in [1.807, 2.05) is 24.3 Å². The lowest BCUT2D eigenvalue weighted by Crippen LogP contribution is -2.07. The number of rotatable bonds is 7. The summed E-state index contributed by atoms with van der Waals surface area (Å²) >= 11 is 0. The number of methoxy groups -OCH3 is 1. The third kappa shape index (κ3) is 4.82. The molecule has 0 radical (unpaired) electrons. The highest BCUT2D eigenvalue weighted by atomic mass is 16.5. The summed E-state index contributed by atoms with van der Waals surface area (Å²) in [5.41, 5.74) is 8.60. The lowest BCUT2D eigenvalue weighted by atomic mass is 10.1. The van der Waals surface area contributed by atoms with Gasteiger partial charge in [0.2, 0.25) is 5.95 Å². The molecule has 6 nitrogen and oxygen atoms in total. The molecule has 6 heteroatoms. The fourth-order valence-electron chi connectivity index (χ4n) is 1.90. The Bertz CT molecular complexity index is 597. The molecule has 0 unspecified atom stereocenters. The van der Waals surface area contributed by atoms with Crippen LogP contribution in [0, 0.1) is 0 Å². The van der Waals surface area contributed by atoms with Crippen molar-refractivity contribution in [2.24, 2.45) is 0 Å². The fraction of sp³-hybridized carbons (Fsp3) is 0.312. The number of ether oxygens (including phenoxy) is 2.